The van der Waals surface area contributed by atoms with Gasteiger partial charge in [-0.15, -0.1) is 11.8 Å². The molecule has 0 unspecified atom stereocenters. The van der Waals surface area contributed by atoms with Crippen LogP contribution in [-0.4, -0.2) is 43.5 Å². The van der Waals surface area contributed by atoms with E-state index in [9.17, 15) is 14.7 Å². The van der Waals surface area contributed by atoms with Crippen LogP contribution in [0.1, 0.15) is 5.56 Å². The summed E-state index contributed by atoms with van der Waals surface area (Å²) in [4.78, 5) is 27.7. The normalized spacial score (nSPS) is 14.1. The topological polar surface area (TPSA) is 76.1 Å². The number of imide groups is 1. The Labute approximate surface area is 171 Å². The van der Waals surface area contributed by atoms with E-state index >= 15 is 0 Å². The number of methoxy groups -OCH3 is 2. The van der Waals surface area contributed by atoms with Gasteiger partial charge in [0.2, 0.25) is 0 Å². The fraction of sp³-hybridized carbons (Fsp3) is 0.200. The Balaban J connectivity index is 2.10. The maximum Gasteiger partial charge on any atom is 0.272 e. The van der Waals surface area contributed by atoms with E-state index in [-0.39, 0.29) is 28.5 Å². The first-order chi connectivity index (χ1) is 13.5. The molecule has 2 aromatic carbocycles. The SMILES string of the molecule is COc1ccc(C2=C(SCCO)C(=O)N(c3cc(Cl)ccc3OC)C2=O)cc1. The highest BCUT2D eigenvalue weighted by molar-refractivity contribution is 8.04. The van der Waals surface area contributed by atoms with Gasteiger partial charge in [-0.25, -0.2) is 4.90 Å². The predicted octanol–water partition coefficient (Wildman–Crippen LogP) is 3.37. The van der Waals surface area contributed by atoms with Gasteiger partial charge in [0.15, 0.2) is 0 Å². The number of rotatable bonds is 7. The van der Waals surface area contributed by atoms with Gasteiger partial charge in [0.1, 0.15) is 11.5 Å². The molecule has 8 heteroatoms. The highest BCUT2D eigenvalue weighted by atomic mass is 35.5. The summed E-state index contributed by atoms with van der Waals surface area (Å²) < 4.78 is 10.5. The van der Waals surface area contributed by atoms with Crippen molar-refractivity contribution in [3.63, 3.8) is 0 Å². The first-order valence-corrected chi connectivity index (χ1v) is 9.72. The lowest BCUT2D eigenvalue weighted by Crippen LogP contribution is -2.31. The fourth-order valence-corrected chi connectivity index (χ4v) is 3.89. The van der Waals surface area contributed by atoms with E-state index in [1.54, 1.807) is 43.5 Å². The van der Waals surface area contributed by atoms with Gasteiger partial charge in [-0.05, 0) is 35.9 Å². The van der Waals surface area contributed by atoms with Crippen LogP contribution in [0.5, 0.6) is 11.5 Å². The number of anilines is 1. The molecule has 0 aromatic heterocycles. The molecule has 3 rings (SSSR count). The van der Waals surface area contributed by atoms with Crippen LogP contribution < -0.4 is 14.4 Å². The second-order valence-electron chi connectivity index (χ2n) is 5.77. The molecule has 6 nitrogen and oxygen atoms in total. The van der Waals surface area contributed by atoms with Gasteiger partial charge in [0, 0.05) is 10.8 Å². The van der Waals surface area contributed by atoms with Gasteiger partial charge in [-0.3, -0.25) is 9.59 Å². The van der Waals surface area contributed by atoms with E-state index in [0.717, 1.165) is 16.7 Å². The highest BCUT2D eigenvalue weighted by Crippen LogP contribution is 2.42. The predicted molar refractivity (Wildman–Crippen MR) is 110 cm³/mol. The molecule has 0 bridgehead atoms. The highest BCUT2D eigenvalue weighted by Gasteiger charge is 2.41. The van der Waals surface area contributed by atoms with Gasteiger partial charge in [-0.1, -0.05) is 23.7 Å². The molecule has 0 radical (unpaired) electrons. The van der Waals surface area contributed by atoms with Gasteiger partial charge in [0.25, 0.3) is 11.8 Å². The van der Waals surface area contributed by atoms with E-state index in [2.05, 4.69) is 0 Å². The van der Waals surface area contributed by atoms with Gasteiger partial charge in [-0.2, -0.15) is 0 Å². The molecule has 1 N–H and O–H groups in total. The zero-order chi connectivity index (χ0) is 20.3. The summed E-state index contributed by atoms with van der Waals surface area (Å²) >= 11 is 7.22. The molecule has 28 heavy (non-hydrogen) atoms. The van der Waals surface area contributed by atoms with E-state index in [1.165, 1.54) is 13.2 Å². The standard InChI is InChI=1S/C20H18ClNO5S/c1-26-14-6-3-12(4-7-14)17-18(28-10-9-23)20(25)22(19(17)24)15-11-13(21)5-8-16(15)27-2/h3-8,11,23H,9-10H2,1-2H3. The summed E-state index contributed by atoms with van der Waals surface area (Å²) in [6, 6.07) is 11.6. The number of carbonyl (C=O) groups excluding carboxylic acids is 2. The van der Waals surface area contributed by atoms with Crippen molar-refractivity contribution in [1.82, 2.24) is 0 Å². The Morgan fingerprint density at radius 3 is 2.36 bits per heavy atom. The van der Waals surface area contributed by atoms with Crippen LogP contribution in [0, 0.1) is 0 Å². The lowest BCUT2D eigenvalue weighted by atomic mass is 10.1. The second-order valence-corrected chi connectivity index (χ2v) is 7.31. The minimum absolute atomic E-state index is 0.119. The van der Waals surface area contributed by atoms with E-state index < -0.39 is 11.8 Å². The Hall–Kier alpha value is -2.48. The zero-order valence-corrected chi connectivity index (χ0v) is 16.8. The van der Waals surface area contributed by atoms with Crippen LogP contribution in [0.4, 0.5) is 5.69 Å². The Bertz CT molecular complexity index is 942. The molecule has 0 fully saturated rings. The van der Waals surface area contributed by atoms with Crippen molar-refractivity contribution in [2.45, 2.75) is 0 Å². The number of hydrogen-bond donors (Lipinski definition) is 1. The number of carbonyl (C=O) groups is 2. The summed E-state index contributed by atoms with van der Waals surface area (Å²) in [6.45, 7) is -0.119. The molecule has 0 saturated carbocycles. The molecule has 0 saturated heterocycles. The van der Waals surface area contributed by atoms with Crippen molar-refractivity contribution in [2.24, 2.45) is 0 Å². The molecule has 2 aromatic rings. The quantitative estimate of drug-likeness (QED) is 0.693. The van der Waals surface area contributed by atoms with Crippen LogP contribution >= 0.6 is 23.4 Å². The fourth-order valence-electron chi connectivity index (χ4n) is 2.86. The number of aliphatic hydroxyl groups excluding tert-OH is 1. The van der Waals surface area contributed by atoms with Crippen LogP contribution in [0.3, 0.4) is 0 Å². The summed E-state index contributed by atoms with van der Waals surface area (Å²) in [5.74, 6) is 0.327. The third-order valence-electron chi connectivity index (χ3n) is 4.14. The Kier molecular flexibility index (Phi) is 6.28. The van der Waals surface area contributed by atoms with Crippen LogP contribution in [0.25, 0.3) is 5.57 Å². The number of halogens is 1. The summed E-state index contributed by atoms with van der Waals surface area (Å²) in [5, 5.41) is 9.57. The van der Waals surface area contributed by atoms with Crippen molar-refractivity contribution < 1.29 is 24.2 Å². The van der Waals surface area contributed by atoms with Gasteiger partial charge >= 0.3 is 0 Å². The first-order valence-electron chi connectivity index (χ1n) is 8.36. The Morgan fingerprint density at radius 1 is 1.04 bits per heavy atom. The van der Waals surface area contributed by atoms with Crippen molar-refractivity contribution in [3.05, 3.63) is 58.0 Å². The number of ether oxygens (including phenoxy) is 2. The molecule has 1 heterocycles. The molecule has 0 aliphatic carbocycles. The summed E-state index contributed by atoms with van der Waals surface area (Å²) in [5.41, 5.74) is 1.13. The van der Waals surface area contributed by atoms with Crippen molar-refractivity contribution in [2.75, 3.05) is 31.5 Å². The van der Waals surface area contributed by atoms with Crippen LogP contribution in [0.15, 0.2) is 47.4 Å². The minimum atomic E-state index is -0.477. The summed E-state index contributed by atoms with van der Waals surface area (Å²) in [7, 11) is 3.01. The third-order valence-corrected chi connectivity index (χ3v) is 5.43. The third kappa shape index (κ3) is 3.73. The van der Waals surface area contributed by atoms with E-state index in [0.29, 0.717) is 22.1 Å². The number of hydrogen-bond acceptors (Lipinski definition) is 6. The number of benzene rings is 2. The van der Waals surface area contributed by atoms with Gasteiger partial charge in [0.05, 0.1) is 37.0 Å². The number of nitrogens with zero attached hydrogens (tertiary/aromatic N) is 1. The molecule has 0 spiro atoms. The zero-order valence-electron chi connectivity index (χ0n) is 15.3. The van der Waals surface area contributed by atoms with E-state index in [4.69, 9.17) is 21.1 Å². The minimum Gasteiger partial charge on any atom is -0.497 e. The number of aliphatic hydroxyl groups is 1. The van der Waals surface area contributed by atoms with Gasteiger partial charge < -0.3 is 14.6 Å². The summed E-state index contributed by atoms with van der Waals surface area (Å²) in [6.07, 6.45) is 0. The molecule has 1 aliphatic rings. The molecule has 2 amide bonds. The first kappa shape index (κ1) is 20.3. The molecular weight excluding hydrogens is 402 g/mol. The largest absolute Gasteiger partial charge is 0.497 e. The lowest BCUT2D eigenvalue weighted by molar-refractivity contribution is -0.119. The molecular formula is C20H18ClNO5S. The number of thioether (sulfide) groups is 1. The lowest BCUT2D eigenvalue weighted by Gasteiger charge is -2.18. The van der Waals surface area contributed by atoms with Crippen LogP contribution in [-0.2, 0) is 9.59 Å². The smallest absolute Gasteiger partial charge is 0.272 e. The van der Waals surface area contributed by atoms with Crippen molar-refractivity contribution in [3.8, 4) is 11.5 Å². The monoisotopic (exact) mass is 419 g/mol. The molecule has 0 atom stereocenters. The average Bonchev–Trinajstić information content (AvgIpc) is 2.95. The maximum absolute atomic E-state index is 13.3. The van der Waals surface area contributed by atoms with Crippen LogP contribution in [0.2, 0.25) is 5.02 Å². The molecule has 1 aliphatic heterocycles. The number of amides is 2. The van der Waals surface area contributed by atoms with Crippen molar-refractivity contribution >= 4 is 46.4 Å². The second kappa shape index (κ2) is 8.68. The average molecular weight is 420 g/mol. The molecule has 146 valence electrons. The van der Waals surface area contributed by atoms with Crippen molar-refractivity contribution in [1.29, 1.82) is 0 Å². The van der Waals surface area contributed by atoms with E-state index in [1.807, 2.05) is 0 Å². The maximum atomic E-state index is 13.3. The Morgan fingerprint density at radius 2 is 1.75 bits per heavy atom.